The largest absolute Gasteiger partial charge is 0.466 e. The van der Waals surface area contributed by atoms with Gasteiger partial charge in [0.15, 0.2) is 11.5 Å². The number of carbonyl (C=O) groups excluding carboxylic acids is 1. The summed E-state index contributed by atoms with van der Waals surface area (Å²) in [6, 6.07) is 8.68. The maximum atomic E-state index is 13.5. The molecule has 1 fully saturated rings. The fourth-order valence-corrected chi connectivity index (χ4v) is 6.46. The summed E-state index contributed by atoms with van der Waals surface area (Å²) < 4.78 is 34.5. The Morgan fingerprint density at radius 2 is 2.00 bits per heavy atom. The molecule has 0 aliphatic carbocycles. The molecule has 0 bridgehead atoms. The Morgan fingerprint density at radius 1 is 1.21 bits per heavy atom. The monoisotopic (exact) mass is 499 g/mol. The van der Waals surface area contributed by atoms with Gasteiger partial charge in [-0.3, -0.25) is 4.79 Å². The number of hydrogen-bond acceptors (Lipinski definition) is 9. The van der Waals surface area contributed by atoms with E-state index in [-0.39, 0.29) is 27.5 Å². The third-order valence-corrected chi connectivity index (χ3v) is 8.71. The van der Waals surface area contributed by atoms with E-state index in [2.05, 4.69) is 10.3 Å². The molecule has 0 amide bonds. The van der Waals surface area contributed by atoms with Crippen molar-refractivity contribution in [1.82, 2.24) is 19.8 Å². The van der Waals surface area contributed by atoms with Gasteiger partial charge in [-0.2, -0.15) is 4.52 Å². The molecule has 1 aromatic carbocycles. The van der Waals surface area contributed by atoms with Crippen LogP contribution in [0, 0.1) is 5.92 Å². The van der Waals surface area contributed by atoms with E-state index in [0.717, 1.165) is 35.0 Å². The molecule has 0 radical (unpaired) electrons. The second-order valence-corrected chi connectivity index (χ2v) is 11.0. The Kier molecular flexibility index (Phi) is 5.98. The van der Waals surface area contributed by atoms with Crippen molar-refractivity contribution in [3.8, 4) is 0 Å². The highest BCUT2D eigenvalue weighted by Gasteiger charge is 2.31. The summed E-state index contributed by atoms with van der Waals surface area (Å²) in [5.41, 5.74) is 1.96. The van der Waals surface area contributed by atoms with Crippen LogP contribution in [-0.4, -0.2) is 53.9 Å². The van der Waals surface area contributed by atoms with Crippen molar-refractivity contribution < 1.29 is 17.9 Å². The van der Waals surface area contributed by atoms with Crippen molar-refractivity contribution in [1.29, 1.82) is 0 Å². The normalized spacial score (nSPS) is 16.9. The fourth-order valence-electron chi connectivity index (χ4n) is 4.33. The van der Waals surface area contributed by atoms with E-state index in [9.17, 15) is 13.2 Å². The van der Waals surface area contributed by atoms with E-state index in [4.69, 9.17) is 9.72 Å². The fraction of sp³-hybridized carbons (Fsp3) is 0.391. The number of esters is 1. The van der Waals surface area contributed by atoms with Gasteiger partial charge in [-0.15, -0.1) is 16.4 Å². The van der Waals surface area contributed by atoms with E-state index in [1.807, 2.05) is 23.3 Å². The summed E-state index contributed by atoms with van der Waals surface area (Å²) in [6.45, 7) is 5.34. The zero-order valence-corrected chi connectivity index (χ0v) is 20.6. The van der Waals surface area contributed by atoms with Crippen molar-refractivity contribution in [3.05, 3.63) is 41.3 Å². The van der Waals surface area contributed by atoms with Crippen LogP contribution in [0.5, 0.6) is 0 Å². The zero-order valence-electron chi connectivity index (χ0n) is 19.0. The van der Waals surface area contributed by atoms with Crippen LogP contribution < -0.4 is 4.90 Å². The van der Waals surface area contributed by atoms with Crippen LogP contribution in [0.25, 0.3) is 15.9 Å². The van der Waals surface area contributed by atoms with Gasteiger partial charge < -0.3 is 9.64 Å². The van der Waals surface area contributed by atoms with E-state index in [1.54, 1.807) is 31.2 Å². The Balaban J connectivity index is 1.61. The minimum atomic E-state index is -3.92. The van der Waals surface area contributed by atoms with Crippen molar-refractivity contribution in [2.45, 2.75) is 43.0 Å². The molecule has 0 spiro atoms. The summed E-state index contributed by atoms with van der Waals surface area (Å²) in [7, 11) is -3.92. The molecule has 11 heteroatoms. The molecule has 4 aromatic rings. The molecule has 0 N–H and O–H groups in total. The zero-order chi connectivity index (χ0) is 23.9. The summed E-state index contributed by atoms with van der Waals surface area (Å²) >= 11 is 1.50. The number of anilines is 1. The van der Waals surface area contributed by atoms with Crippen molar-refractivity contribution in [2.24, 2.45) is 5.92 Å². The second kappa shape index (κ2) is 8.95. The number of carbonyl (C=O) groups is 1. The Morgan fingerprint density at radius 3 is 2.74 bits per heavy atom. The highest BCUT2D eigenvalue weighted by atomic mass is 32.2. The van der Waals surface area contributed by atoms with Gasteiger partial charge in [0.1, 0.15) is 0 Å². The average molecular weight is 500 g/mol. The molecule has 178 valence electrons. The molecule has 34 heavy (non-hydrogen) atoms. The van der Waals surface area contributed by atoms with Gasteiger partial charge in [0.2, 0.25) is 14.9 Å². The second-order valence-electron chi connectivity index (χ2n) is 8.24. The number of nitrogens with zero attached hydrogens (tertiary/aromatic N) is 5. The minimum absolute atomic E-state index is 0.154. The van der Waals surface area contributed by atoms with Crippen molar-refractivity contribution >= 4 is 48.8 Å². The van der Waals surface area contributed by atoms with Crippen LogP contribution in [0.4, 0.5) is 5.82 Å². The number of fused-ring (bicyclic) bond motifs is 3. The van der Waals surface area contributed by atoms with E-state index in [1.165, 1.54) is 15.9 Å². The van der Waals surface area contributed by atoms with Crippen LogP contribution in [-0.2, 0) is 25.8 Å². The number of rotatable bonds is 6. The molecule has 4 heterocycles. The first-order chi connectivity index (χ1) is 16.4. The third-order valence-electron chi connectivity index (χ3n) is 6.14. The maximum absolute atomic E-state index is 13.5. The van der Waals surface area contributed by atoms with E-state index in [0.29, 0.717) is 25.5 Å². The Labute approximate surface area is 201 Å². The SMILES string of the molecule is CCOC(=O)[C@H]1CCCN(c2nc3c(S(=O)(=O)c4ccc(CC)cc4)nnn3c3ccsc23)C1. The first-order valence-corrected chi connectivity index (χ1v) is 13.7. The quantitative estimate of drug-likeness (QED) is 0.371. The lowest BCUT2D eigenvalue weighted by Gasteiger charge is -2.32. The molecule has 1 aliphatic heterocycles. The van der Waals surface area contributed by atoms with Gasteiger partial charge in [0.25, 0.3) is 0 Å². The van der Waals surface area contributed by atoms with Crippen LogP contribution >= 0.6 is 11.3 Å². The van der Waals surface area contributed by atoms with Crippen molar-refractivity contribution in [2.75, 3.05) is 24.6 Å². The highest BCUT2D eigenvalue weighted by Crippen LogP contribution is 2.35. The Bertz CT molecular complexity index is 1460. The summed E-state index contributed by atoms with van der Waals surface area (Å²) in [6.07, 6.45) is 2.39. The van der Waals surface area contributed by atoms with Gasteiger partial charge in [0.05, 0.1) is 27.6 Å². The number of sulfone groups is 1. The average Bonchev–Trinajstić information content (AvgIpc) is 3.51. The first kappa shape index (κ1) is 22.7. The molecule has 9 nitrogen and oxygen atoms in total. The number of thiophene rings is 1. The minimum Gasteiger partial charge on any atom is -0.466 e. The van der Waals surface area contributed by atoms with Crippen molar-refractivity contribution in [3.63, 3.8) is 0 Å². The van der Waals surface area contributed by atoms with E-state index < -0.39 is 9.84 Å². The topological polar surface area (TPSA) is 107 Å². The summed E-state index contributed by atoms with van der Waals surface area (Å²) in [5, 5.41) is 9.92. The molecule has 3 aromatic heterocycles. The van der Waals surface area contributed by atoms with Gasteiger partial charge in [0, 0.05) is 13.1 Å². The van der Waals surface area contributed by atoms with Crippen LogP contribution in [0.1, 0.15) is 32.3 Å². The van der Waals surface area contributed by atoms with Gasteiger partial charge in [-0.1, -0.05) is 24.3 Å². The highest BCUT2D eigenvalue weighted by molar-refractivity contribution is 7.91. The lowest BCUT2D eigenvalue weighted by Crippen LogP contribution is -2.40. The lowest BCUT2D eigenvalue weighted by atomic mass is 9.98. The molecule has 1 saturated heterocycles. The van der Waals surface area contributed by atoms with Gasteiger partial charge in [-0.25, -0.2) is 13.4 Å². The third kappa shape index (κ3) is 3.82. The first-order valence-electron chi connectivity index (χ1n) is 11.3. The van der Waals surface area contributed by atoms with Crippen LogP contribution in [0.15, 0.2) is 45.6 Å². The molecule has 0 saturated carbocycles. The molecular formula is C23H25N5O4S2. The smallest absolute Gasteiger partial charge is 0.310 e. The van der Waals surface area contributed by atoms with E-state index >= 15 is 0 Å². The number of aromatic nitrogens is 4. The predicted octanol–water partition coefficient (Wildman–Crippen LogP) is 3.51. The molecule has 0 unspecified atom stereocenters. The maximum Gasteiger partial charge on any atom is 0.310 e. The summed E-state index contributed by atoms with van der Waals surface area (Å²) in [5.74, 6) is 0.192. The van der Waals surface area contributed by atoms with Gasteiger partial charge in [-0.05, 0) is 55.3 Å². The number of piperidine rings is 1. The predicted molar refractivity (Wildman–Crippen MR) is 129 cm³/mol. The summed E-state index contributed by atoms with van der Waals surface area (Å²) in [4.78, 5) is 19.3. The number of ether oxygens (including phenoxy) is 1. The number of hydrogen-bond donors (Lipinski definition) is 0. The molecular weight excluding hydrogens is 474 g/mol. The number of aryl methyl sites for hydroxylation is 1. The molecule has 5 rings (SSSR count). The molecule has 1 atom stereocenters. The number of benzene rings is 1. The van der Waals surface area contributed by atoms with Crippen LogP contribution in [0.2, 0.25) is 0 Å². The standard InChI is InChI=1S/C23H25N5O4S2/c1-3-15-7-9-17(10-8-15)34(30,31)22-21-24-20(19-18(11-13-33-19)28(21)26-25-22)27-12-5-6-16(14-27)23(29)32-4-2/h7-11,13,16H,3-6,12,14H2,1-2H3/t16-/m0/s1. The Hall–Kier alpha value is -3.05. The van der Waals surface area contributed by atoms with Gasteiger partial charge >= 0.3 is 5.97 Å². The lowest BCUT2D eigenvalue weighted by molar-refractivity contribution is -0.148. The molecule has 1 aliphatic rings. The van der Waals surface area contributed by atoms with Crippen LogP contribution in [0.3, 0.4) is 0 Å².